The molecule has 0 atom stereocenters. The fourth-order valence-electron chi connectivity index (χ4n) is 1.70. The molecule has 2 aliphatic rings. The van der Waals surface area contributed by atoms with Crippen molar-refractivity contribution in [2.75, 3.05) is 13.1 Å². The van der Waals surface area contributed by atoms with Gasteiger partial charge in [0, 0.05) is 0 Å². The van der Waals surface area contributed by atoms with Crippen LogP contribution in [0.5, 0.6) is 0 Å². The van der Waals surface area contributed by atoms with E-state index in [0.717, 1.165) is 11.3 Å². The number of nitrogens with one attached hydrogen (secondary N) is 1. The van der Waals surface area contributed by atoms with Gasteiger partial charge in [-0.15, -0.1) is 0 Å². The van der Waals surface area contributed by atoms with Crippen LogP contribution < -0.4 is 5.32 Å². The molecule has 0 fully saturated rings. The molecule has 0 aromatic heterocycles. The number of imide groups is 1. The van der Waals surface area contributed by atoms with Crippen LogP contribution in [0.4, 0.5) is 0 Å². The molecule has 0 aliphatic carbocycles. The Morgan fingerprint density at radius 1 is 1.30 bits per heavy atom. The molecule has 0 bridgehead atoms. The Labute approximate surface area is 126 Å². The zero-order valence-electron chi connectivity index (χ0n) is 10.7. The van der Waals surface area contributed by atoms with Gasteiger partial charge in [0.1, 0.15) is 0 Å². The van der Waals surface area contributed by atoms with E-state index in [2.05, 4.69) is 16.8 Å². The summed E-state index contributed by atoms with van der Waals surface area (Å²) < 4.78 is 1.31. The fraction of sp³-hybridized carbons (Fsp3) is 0.308. The quantitative estimate of drug-likeness (QED) is 0.558. The molecule has 0 saturated heterocycles. The molecule has 5 nitrogen and oxygen atoms in total. The van der Waals surface area contributed by atoms with Crippen LogP contribution in [0.1, 0.15) is 12.8 Å². The van der Waals surface area contributed by atoms with Crippen LogP contribution in [0.25, 0.3) is 0 Å². The molecule has 0 spiro atoms. The van der Waals surface area contributed by atoms with Gasteiger partial charge in [0.2, 0.25) is 0 Å². The van der Waals surface area contributed by atoms with Crippen molar-refractivity contribution in [2.24, 2.45) is 0 Å². The summed E-state index contributed by atoms with van der Waals surface area (Å²) in [7, 11) is 1.78. The van der Waals surface area contributed by atoms with Gasteiger partial charge in [-0.2, -0.15) is 0 Å². The van der Waals surface area contributed by atoms with Gasteiger partial charge >= 0.3 is 126 Å². The first-order valence-corrected chi connectivity index (χ1v) is 9.92. The molecule has 2 aliphatic heterocycles. The van der Waals surface area contributed by atoms with E-state index < -0.39 is 0 Å². The summed E-state index contributed by atoms with van der Waals surface area (Å²) in [6.07, 6.45) is 7.77. The van der Waals surface area contributed by atoms with Crippen LogP contribution in [0.2, 0.25) is 0 Å². The maximum absolute atomic E-state index is 11.7. The van der Waals surface area contributed by atoms with Crippen molar-refractivity contribution in [3.63, 3.8) is 0 Å². The Bertz CT molecular complexity index is 496. The molecule has 2 rings (SSSR count). The number of hydrogen-bond donors (Lipinski definition) is 1. The summed E-state index contributed by atoms with van der Waals surface area (Å²) >= 11 is 0.398. The molecule has 2 heterocycles. The van der Waals surface area contributed by atoms with Crippen molar-refractivity contribution in [3.8, 4) is 0 Å². The van der Waals surface area contributed by atoms with E-state index in [1.807, 2.05) is 6.08 Å². The van der Waals surface area contributed by atoms with E-state index in [1.165, 1.54) is 16.6 Å². The molecule has 0 aromatic rings. The van der Waals surface area contributed by atoms with Gasteiger partial charge in [-0.3, -0.25) is 0 Å². The minimum absolute atomic E-state index is 0.0479. The number of amides is 3. The minimum atomic E-state index is -0.317. The normalized spacial score (nSPS) is 17.6. The summed E-state index contributed by atoms with van der Waals surface area (Å²) in [6, 6.07) is 0. The Kier molecular flexibility index (Phi) is 5.64. The zero-order chi connectivity index (χ0) is 14.4. The molecule has 106 valence electrons. The number of allylic oxidation sites excluding steroid dienone is 3. The van der Waals surface area contributed by atoms with Crippen molar-refractivity contribution < 1.29 is 14.4 Å². The molecule has 1 N–H and O–H groups in total. The van der Waals surface area contributed by atoms with Crippen LogP contribution in [0.3, 0.4) is 0 Å². The topological polar surface area (TPSA) is 66.5 Å². The van der Waals surface area contributed by atoms with Crippen molar-refractivity contribution in [2.45, 2.75) is 12.8 Å². The third kappa shape index (κ3) is 4.37. The molecule has 0 radical (unpaired) electrons. The summed E-state index contributed by atoms with van der Waals surface area (Å²) in [5.74, 6) is -0.681. The van der Waals surface area contributed by atoms with Gasteiger partial charge in [0.05, 0.1) is 0 Å². The summed E-state index contributed by atoms with van der Waals surface area (Å²) in [5, 5.41) is 4.79. The number of nitrogens with zero attached hydrogens (tertiary/aromatic N) is 1. The van der Waals surface area contributed by atoms with E-state index in [0.29, 0.717) is 26.8 Å². The molecule has 0 unspecified atom stereocenters. The Hall–Kier alpha value is -1.30. The van der Waals surface area contributed by atoms with Crippen LogP contribution in [-0.2, 0) is 14.4 Å². The molecule has 7 heteroatoms. The molecule has 0 aromatic carbocycles. The van der Waals surface area contributed by atoms with Crippen LogP contribution in [0, 0.1) is 0 Å². The van der Waals surface area contributed by atoms with Crippen molar-refractivity contribution >= 4 is 41.7 Å². The second kappa shape index (κ2) is 7.47. The second-order valence-electron chi connectivity index (χ2n) is 4.15. The number of carbonyl (C=O) groups excluding carboxylic acids is 3. The number of carbonyl (C=O) groups is 3. The number of rotatable bonds is 6. The van der Waals surface area contributed by atoms with Gasteiger partial charge in [0.15, 0.2) is 0 Å². The average molecular weight is 357 g/mol. The summed E-state index contributed by atoms with van der Waals surface area (Å²) in [6.45, 7) is 0.526. The van der Waals surface area contributed by atoms with Crippen molar-refractivity contribution in [3.05, 3.63) is 34.2 Å². The predicted molar refractivity (Wildman–Crippen MR) is 78.7 cm³/mol. The van der Waals surface area contributed by atoms with Crippen LogP contribution in [0.15, 0.2) is 34.2 Å². The second-order valence-corrected chi connectivity index (χ2v) is 8.14. The van der Waals surface area contributed by atoms with Crippen molar-refractivity contribution in [1.82, 2.24) is 10.2 Å². The van der Waals surface area contributed by atoms with Gasteiger partial charge in [-0.1, -0.05) is 0 Å². The standard InChI is InChI=1S/C13H14N2O3SSe/c16-11(4-3-10-2-1-9-19-20-10)14-7-8-15-12(17)5-6-13(15)18/h1-2,5-6,9H,3-4,7-8H2,(H,14,16). The van der Waals surface area contributed by atoms with E-state index in [4.69, 9.17) is 0 Å². The average Bonchev–Trinajstić information content (AvgIpc) is 2.78. The third-order valence-electron chi connectivity index (χ3n) is 2.73. The van der Waals surface area contributed by atoms with E-state index in [-0.39, 0.29) is 24.3 Å². The van der Waals surface area contributed by atoms with Crippen LogP contribution >= 0.6 is 10.2 Å². The Balaban J connectivity index is 1.63. The first-order chi connectivity index (χ1) is 9.66. The molecular weight excluding hydrogens is 343 g/mol. The van der Waals surface area contributed by atoms with E-state index >= 15 is 0 Å². The molecule has 3 amide bonds. The predicted octanol–water partition coefficient (Wildman–Crippen LogP) is 0.571. The fourth-order valence-corrected chi connectivity index (χ4v) is 4.95. The zero-order valence-corrected chi connectivity index (χ0v) is 13.2. The maximum atomic E-state index is 11.7. The first kappa shape index (κ1) is 15.1. The molecule has 20 heavy (non-hydrogen) atoms. The van der Waals surface area contributed by atoms with Crippen LogP contribution in [-0.4, -0.2) is 49.5 Å². The first-order valence-electron chi connectivity index (χ1n) is 6.16. The van der Waals surface area contributed by atoms with E-state index in [1.54, 1.807) is 10.2 Å². The SMILES string of the molecule is O=C(CCC1=CC=CS[Se]1)NCCN1C(=O)C=CC1=O. The summed E-state index contributed by atoms with van der Waals surface area (Å²) in [4.78, 5) is 35.4. The molecular formula is C13H14N2O3SSe. The van der Waals surface area contributed by atoms with E-state index in [9.17, 15) is 14.4 Å². The molecule has 0 saturated carbocycles. The monoisotopic (exact) mass is 358 g/mol. The summed E-state index contributed by atoms with van der Waals surface area (Å²) in [5.41, 5.74) is 0. The Morgan fingerprint density at radius 2 is 2.05 bits per heavy atom. The Morgan fingerprint density at radius 3 is 2.70 bits per heavy atom. The third-order valence-corrected chi connectivity index (χ3v) is 6.67. The number of hydrogen-bond acceptors (Lipinski definition) is 4. The van der Waals surface area contributed by atoms with Gasteiger partial charge in [-0.05, 0) is 0 Å². The van der Waals surface area contributed by atoms with Crippen molar-refractivity contribution in [1.29, 1.82) is 0 Å². The van der Waals surface area contributed by atoms with Gasteiger partial charge < -0.3 is 0 Å². The van der Waals surface area contributed by atoms with Gasteiger partial charge in [0.25, 0.3) is 0 Å². The van der Waals surface area contributed by atoms with Gasteiger partial charge in [-0.25, -0.2) is 0 Å².